The molecule has 2 amide bonds. The summed E-state index contributed by atoms with van der Waals surface area (Å²) in [5, 5.41) is 4.07. The third-order valence-electron chi connectivity index (χ3n) is 4.33. The lowest BCUT2D eigenvalue weighted by Gasteiger charge is -2.35. The summed E-state index contributed by atoms with van der Waals surface area (Å²) in [6.07, 6.45) is 4.05. The second-order valence-electron chi connectivity index (χ2n) is 5.92. The van der Waals surface area contributed by atoms with Crippen molar-refractivity contribution in [3.05, 3.63) is 11.7 Å². The smallest absolute Gasteiger partial charge is 0.320 e. The Morgan fingerprint density at radius 1 is 1.26 bits per heavy atom. The van der Waals surface area contributed by atoms with Crippen molar-refractivity contribution in [1.29, 1.82) is 0 Å². The molecule has 0 spiro atoms. The largest absolute Gasteiger partial charge is 0.378 e. The molecular weight excluding hydrogens is 300 g/mol. The number of carbonyl (C=O) groups excluding carboxylic acids is 1. The van der Waals surface area contributed by atoms with E-state index < -0.39 is 0 Å². The lowest BCUT2D eigenvalue weighted by atomic mass is 10.1. The molecule has 2 aliphatic heterocycles. The molecule has 3 heterocycles. The first kappa shape index (κ1) is 16.2. The minimum absolute atomic E-state index is 0.0540. The van der Waals surface area contributed by atoms with Gasteiger partial charge in [0.1, 0.15) is 6.61 Å². The summed E-state index contributed by atoms with van der Waals surface area (Å²) in [5.41, 5.74) is 0. The summed E-state index contributed by atoms with van der Waals surface area (Å²) >= 11 is 0. The zero-order chi connectivity index (χ0) is 16.1. The first-order chi connectivity index (χ1) is 11.3. The van der Waals surface area contributed by atoms with E-state index in [1.807, 2.05) is 9.80 Å². The first-order valence-corrected chi connectivity index (χ1v) is 8.24. The Bertz CT molecular complexity index is 515. The zero-order valence-electron chi connectivity index (χ0n) is 13.6. The SMILES string of the molecule is COCc1nc(C2CCCCCN2C(=O)N2CCOCC2)no1. The lowest BCUT2D eigenvalue weighted by Crippen LogP contribution is -2.49. The summed E-state index contributed by atoms with van der Waals surface area (Å²) in [6.45, 7) is 3.51. The van der Waals surface area contributed by atoms with E-state index in [4.69, 9.17) is 14.0 Å². The molecule has 3 rings (SSSR count). The van der Waals surface area contributed by atoms with Gasteiger partial charge < -0.3 is 23.8 Å². The molecule has 1 aromatic heterocycles. The van der Waals surface area contributed by atoms with Gasteiger partial charge in [0, 0.05) is 26.7 Å². The highest BCUT2D eigenvalue weighted by atomic mass is 16.5. The average molecular weight is 324 g/mol. The van der Waals surface area contributed by atoms with Crippen LogP contribution in [0.5, 0.6) is 0 Å². The molecule has 128 valence electrons. The molecule has 1 aromatic rings. The van der Waals surface area contributed by atoms with Crippen LogP contribution in [0.15, 0.2) is 4.52 Å². The number of rotatable bonds is 3. The van der Waals surface area contributed by atoms with Crippen molar-refractivity contribution in [2.75, 3.05) is 40.0 Å². The molecule has 2 saturated heterocycles. The minimum Gasteiger partial charge on any atom is -0.378 e. The lowest BCUT2D eigenvalue weighted by molar-refractivity contribution is 0.0387. The van der Waals surface area contributed by atoms with Gasteiger partial charge in [0.15, 0.2) is 5.82 Å². The zero-order valence-corrected chi connectivity index (χ0v) is 13.6. The predicted molar refractivity (Wildman–Crippen MR) is 80.7 cm³/mol. The highest BCUT2D eigenvalue weighted by Crippen LogP contribution is 2.29. The molecule has 8 nitrogen and oxygen atoms in total. The Kier molecular flexibility index (Phi) is 5.45. The van der Waals surface area contributed by atoms with Crippen molar-refractivity contribution in [2.45, 2.75) is 38.3 Å². The topological polar surface area (TPSA) is 80.9 Å². The number of nitrogens with zero attached hydrogens (tertiary/aromatic N) is 4. The molecule has 2 aliphatic rings. The van der Waals surface area contributed by atoms with Crippen LogP contribution in [0, 0.1) is 0 Å². The number of carbonyl (C=O) groups is 1. The standard InChI is InChI=1S/C15H24N4O4/c1-21-11-13-16-14(17-23-13)12-5-3-2-4-6-19(12)15(20)18-7-9-22-10-8-18/h12H,2-11H2,1H3. The fraction of sp³-hybridized carbons (Fsp3) is 0.800. The molecule has 0 saturated carbocycles. The van der Waals surface area contributed by atoms with Crippen LogP contribution in [0.1, 0.15) is 43.4 Å². The minimum atomic E-state index is -0.123. The number of urea groups is 1. The van der Waals surface area contributed by atoms with Gasteiger partial charge in [-0.3, -0.25) is 0 Å². The second kappa shape index (κ2) is 7.74. The number of aromatic nitrogens is 2. The highest BCUT2D eigenvalue weighted by molar-refractivity contribution is 5.75. The van der Waals surface area contributed by atoms with E-state index in [1.54, 1.807) is 7.11 Å². The Labute approximate surface area is 135 Å². The molecule has 0 N–H and O–H groups in total. The predicted octanol–water partition coefficient (Wildman–Crippen LogP) is 1.59. The van der Waals surface area contributed by atoms with Gasteiger partial charge >= 0.3 is 6.03 Å². The number of amides is 2. The van der Waals surface area contributed by atoms with E-state index in [0.717, 1.165) is 32.2 Å². The molecular formula is C15H24N4O4. The number of ether oxygens (including phenoxy) is 2. The van der Waals surface area contributed by atoms with E-state index >= 15 is 0 Å². The maximum atomic E-state index is 12.9. The second-order valence-corrected chi connectivity index (χ2v) is 5.92. The first-order valence-electron chi connectivity index (χ1n) is 8.24. The third-order valence-corrected chi connectivity index (χ3v) is 4.33. The van der Waals surface area contributed by atoms with Crippen LogP contribution in [-0.2, 0) is 16.1 Å². The molecule has 0 aromatic carbocycles. The maximum absolute atomic E-state index is 12.9. The highest BCUT2D eigenvalue weighted by Gasteiger charge is 2.33. The van der Waals surface area contributed by atoms with Crippen molar-refractivity contribution in [3.8, 4) is 0 Å². The summed E-state index contributed by atoms with van der Waals surface area (Å²) < 4.78 is 15.6. The van der Waals surface area contributed by atoms with Gasteiger partial charge in [-0.1, -0.05) is 18.0 Å². The number of likely N-dealkylation sites (tertiary alicyclic amines) is 1. The van der Waals surface area contributed by atoms with Crippen molar-refractivity contribution in [3.63, 3.8) is 0 Å². The van der Waals surface area contributed by atoms with Crippen molar-refractivity contribution in [1.82, 2.24) is 19.9 Å². The average Bonchev–Trinajstić information content (AvgIpc) is 2.91. The van der Waals surface area contributed by atoms with Crippen LogP contribution in [0.3, 0.4) is 0 Å². The Morgan fingerprint density at radius 3 is 2.87 bits per heavy atom. The molecule has 0 radical (unpaired) electrons. The summed E-state index contributed by atoms with van der Waals surface area (Å²) in [4.78, 5) is 21.1. The fourth-order valence-corrected chi connectivity index (χ4v) is 3.13. The quantitative estimate of drug-likeness (QED) is 0.840. The van der Waals surface area contributed by atoms with E-state index in [1.165, 1.54) is 0 Å². The van der Waals surface area contributed by atoms with Crippen molar-refractivity contribution < 1.29 is 18.8 Å². The Morgan fingerprint density at radius 2 is 2.09 bits per heavy atom. The number of morpholine rings is 1. The maximum Gasteiger partial charge on any atom is 0.320 e. The van der Waals surface area contributed by atoms with Crippen LogP contribution in [0.4, 0.5) is 4.79 Å². The van der Waals surface area contributed by atoms with Crippen LogP contribution in [0.25, 0.3) is 0 Å². The number of hydrogen-bond acceptors (Lipinski definition) is 6. The van der Waals surface area contributed by atoms with Crippen LogP contribution in [-0.4, -0.2) is 65.9 Å². The van der Waals surface area contributed by atoms with Crippen molar-refractivity contribution in [2.24, 2.45) is 0 Å². The van der Waals surface area contributed by atoms with E-state index in [9.17, 15) is 4.79 Å². The van der Waals surface area contributed by atoms with E-state index in [0.29, 0.717) is 38.0 Å². The molecule has 8 heteroatoms. The molecule has 2 fully saturated rings. The van der Waals surface area contributed by atoms with Gasteiger partial charge in [0.2, 0.25) is 0 Å². The molecule has 1 atom stereocenters. The molecule has 23 heavy (non-hydrogen) atoms. The third kappa shape index (κ3) is 3.81. The van der Waals surface area contributed by atoms with Gasteiger partial charge in [-0.2, -0.15) is 4.98 Å². The summed E-state index contributed by atoms with van der Waals surface area (Å²) in [5.74, 6) is 1.03. The molecule has 0 aliphatic carbocycles. The van der Waals surface area contributed by atoms with Crippen LogP contribution < -0.4 is 0 Å². The molecule has 0 bridgehead atoms. The summed E-state index contributed by atoms with van der Waals surface area (Å²) in [7, 11) is 1.59. The van der Waals surface area contributed by atoms with Crippen LogP contribution >= 0.6 is 0 Å². The van der Waals surface area contributed by atoms with Gasteiger partial charge in [-0.05, 0) is 12.8 Å². The fourth-order valence-electron chi connectivity index (χ4n) is 3.13. The van der Waals surface area contributed by atoms with Gasteiger partial charge in [-0.15, -0.1) is 0 Å². The normalized spacial score (nSPS) is 22.9. The number of methoxy groups -OCH3 is 1. The van der Waals surface area contributed by atoms with Gasteiger partial charge in [0.05, 0.1) is 19.3 Å². The van der Waals surface area contributed by atoms with Gasteiger partial charge in [-0.25, -0.2) is 4.79 Å². The van der Waals surface area contributed by atoms with Crippen molar-refractivity contribution >= 4 is 6.03 Å². The van der Waals surface area contributed by atoms with Crippen LogP contribution in [0.2, 0.25) is 0 Å². The van der Waals surface area contributed by atoms with E-state index in [-0.39, 0.29) is 18.7 Å². The monoisotopic (exact) mass is 324 g/mol. The summed E-state index contributed by atoms with van der Waals surface area (Å²) in [6, 6.07) is -0.0690. The number of hydrogen-bond donors (Lipinski definition) is 0. The van der Waals surface area contributed by atoms with Gasteiger partial charge in [0.25, 0.3) is 5.89 Å². The Balaban J connectivity index is 1.77. The molecule has 1 unspecified atom stereocenters. The van der Waals surface area contributed by atoms with E-state index in [2.05, 4.69) is 10.1 Å². The Hall–Kier alpha value is -1.67.